The van der Waals surface area contributed by atoms with Gasteiger partial charge in [-0.25, -0.2) is 8.42 Å². The Labute approximate surface area is 90.9 Å². The van der Waals surface area contributed by atoms with E-state index in [4.69, 9.17) is 5.73 Å². The Morgan fingerprint density at radius 2 is 2.07 bits per heavy atom. The fraction of sp³-hybridized carbons (Fsp3) is 0.875. The van der Waals surface area contributed by atoms with Gasteiger partial charge >= 0.3 is 0 Å². The lowest BCUT2D eigenvalue weighted by atomic mass is 10.5. The number of nitrogens with two attached hydrogens (primary N) is 1. The average molecular weight is 237 g/mol. The molecule has 90 valence electrons. The lowest BCUT2D eigenvalue weighted by molar-refractivity contribution is -0.121. The summed E-state index contributed by atoms with van der Waals surface area (Å²) in [6.45, 7) is 3.65. The quantitative estimate of drug-likeness (QED) is 0.602. The van der Waals surface area contributed by atoms with E-state index >= 15 is 0 Å². The zero-order valence-corrected chi connectivity index (χ0v) is 10.2. The minimum Gasteiger partial charge on any atom is -0.355 e. The average Bonchev–Trinajstić information content (AvgIpc) is 2.16. The molecule has 0 aromatic rings. The van der Waals surface area contributed by atoms with Crippen molar-refractivity contribution in [2.45, 2.75) is 19.1 Å². The number of sulfonamides is 1. The first kappa shape index (κ1) is 14.3. The molecular weight excluding hydrogens is 218 g/mol. The van der Waals surface area contributed by atoms with Crippen LogP contribution in [0.25, 0.3) is 0 Å². The summed E-state index contributed by atoms with van der Waals surface area (Å²) in [5.74, 6) is -0.312. The van der Waals surface area contributed by atoms with Crippen LogP contribution < -0.4 is 11.1 Å². The topological polar surface area (TPSA) is 92.5 Å². The molecule has 15 heavy (non-hydrogen) atoms. The van der Waals surface area contributed by atoms with Gasteiger partial charge in [-0.15, -0.1) is 0 Å². The third-order valence-corrected chi connectivity index (χ3v) is 4.22. The molecule has 1 unspecified atom stereocenters. The molecule has 0 aliphatic heterocycles. The van der Waals surface area contributed by atoms with E-state index in [1.165, 1.54) is 14.0 Å². The first-order chi connectivity index (χ1) is 6.86. The summed E-state index contributed by atoms with van der Waals surface area (Å²) in [5.41, 5.74) is 5.28. The van der Waals surface area contributed by atoms with Gasteiger partial charge < -0.3 is 11.1 Å². The standard InChI is InChI=1S/C8H19N3O3S/c1-4-10-8(12)6-11(3)15(13,14)7(2)5-9/h7H,4-6,9H2,1-3H3,(H,10,12). The van der Waals surface area contributed by atoms with Crippen molar-refractivity contribution in [3.05, 3.63) is 0 Å². The van der Waals surface area contributed by atoms with Crippen LogP contribution in [0.3, 0.4) is 0 Å². The minimum atomic E-state index is -3.45. The Hall–Kier alpha value is -0.660. The molecule has 6 nitrogen and oxygen atoms in total. The van der Waals surface area contributed by atoms with Crippen LogP contribution in [-0.2, 0) is 14.8 Å². The number of carbonyl (C=O) groups is 1. The number of nitrogens with zero attached hydrogens (tertiary/aromatic N) is 1. The van der Waals surface area contributed by atoms with Crippen LogP contribution >= 0.6 is 0 Å². The Kier molecular flexibility index (Phi) is 5.77. The molecule has 0 fully saturated rings. The predicted octanol–water partition coefficient (Wildman–Crippen LogP) is -1.27. The normalized spacial score (nSPS) is 13.9. The van der Waals surface area contributed by atoms with Crippen LogP contribution in [0.5, 0.6) is 0 Å². The predicted molar refractivity (Wildman–Crippen MR) is 58.7 cm³/mol. The van der Waals surface area contributed by atoms with Crippen molar-refractivity contribution in [1.82, 2.24) is 9.62 Å². The summed E-state index contributed by atoms with van der Waals surface area (Å²) in [5, 5.41) is 1.86. The van der Waals surface area contributed by atoms with Crippen LogP contribution in [0.4, 0.5) is 0 Å². The second-order valence-corrected chi connectivity index (χ2v) is 5.76. The van der Waals surface area contributed by atoms with E-state index in [9.17, 15) is 13.2 Å². The number of nitrogens with one attached hydrogen (secondary N) is 1. The highest BCUT2D eigenvalue weighted by Gasteiger charge is 2.25. The van der Waals surface area contributed by atoms with E-state index in [-0.39, 0.29) is 19.0 Å². The summed E-state index contributed by atoms with van der Waals surface area (Å²) in [7, 11) is -2.08. The molecule has 3 N–H and O–H groups in total. The Balaban J connectivity index is 4.44. The van der Waals surface area contributed by atoms with E-state index < -0.39 is 15.3 Å². The van der Waals surface area contributed by atoms with Gasteiger partial charge in [0.05, 0.1) is 11.8 Å². The monoisotopic (exact) mass is 237 g/mol. The molecular formula is C8H19N3O3S. The third-order valence-electron chi connectivity index (χ3n) is 2.02. The molecule has 1 atom stereocenters. The van der Waals surface area contributed by atoms with Crippen LogP contribution in [0.1, 0.15) is 13.8 Å². The lowest BCUT2D eigenvalue weighted by Crippen LogP contribution is -2.43. The smallest absolute Gasteiger partial charge is 0.235 e. The Morgan fingerprint density at radius 3 is 2.47 bits per heavy atom. The molecule has 0 aromatic carbocycles. The maximum Gasteiger partial charge on any atom is 0.235 e. The van der Waals surface area contributed by atoms with Crippen molar-refractivity contribution < 1.29 is 13.2 Å². The SMILES string of the molecule is CCNC(=O)CN(C)S(=O)(=O)C(C)CN. The maximum atomic E-state index is 11.7. The van der Waals surface area contributed by atoms with Gasteiger partial charge in [-0.1, -0.05) is 0 Å². The molecule has 0 saturated carbocycles. The van der Waals surface area contributed by atoms with Crippen molar-refractivity contribution in [2.75, 3.05) is 26.7 Å². The van der Waals surface area contributed by atoms with Crippen molar-refractivity contribution in [3.8, 4) is 0 Å². The molecule has 0 heterocycles. The molecule has 0 aliphatic carbocycles. The van der Waals surface area contributed by atoms with E-state index in [1.807, 2.05) is 0 Å². The Morgan fingerprint density at radius 1 is 1.53 bits per heavy atom. The van der Waals surface area contributed by atoms with Gasteiger partial charge in [0.2, 0.25) is 15.9 Å². The summed E-state index contributed by atoms with van der Waals surface area (Å²) in [4.78, 5) is 11.2. The molecule has 0 bridgehead atoms. The van der Waals surface area contributed by atoms with Crippen molar-refractivity contribution >= 4 is 15.9 Å². The maximum absolute atomic E-state index is 11.7. The second-order valence-electron chi connectivity index (χ2n) is 3.30. The zero-order valence-electron chi connectivity index (χ0n) is 9.36. The lowest BCUT2D eigenvalue weighted by Gasteiger charge is -2.20. The molecule has 0 aliphatic rings. The van der Waals surface area contributed by atoms with Gasteiger partial charge in [0, 0.05) is 20.1 Å². The minimum absolute atomic E-state index is 0.0437. The Bertz CT molecular complexity index is 302. The summed E-state index contributed by atoms with van der Waals surface area (Å²) >= 11 is 0. The number of hydrogen-bond donors (Lipinski definition) is 2. The number of carbonyl (C=O) groups excluding carboxylic acids is 1. The van der Waals surface area contributed by atoms with Crippen molar-refractivity contribution in [3.63, 3.8) is 0 Å². The van der Waals surface area contributed by atoms with Gasteiger partial charge in [-0.05, 0) is 13.8 Å². The van der Waals surface area contributed by atoms with Gasteiger partial charge in [0.15, 0.2) is 0 Å². The molecule has 0 spiro atoms. The van der Waals surface area contributed by atoms with Crippen LogP contribution in [0.15, 0.2) is 0 Å². The van der Waals surface area contributed by atoms with Crippen molar-refractivity contribution in [2.24, 2.45) is 5.73 Å². The van der Waals surface area contributed by atoms with Crippen LogP contribution in [-0.4, -0.2) is 50.6 Å². The fourth-order valence-corrected chi connectivity index (χ4v) is 2.13. The highest BCUT2D eigenvalue weighted by atomic mass is 32.2. The van der Waals surface area contributed by atoms with Gasteiger partial charge in [-0.2, -0.15) is 4.31 Å². The fourth-order valence-electron chi connectivity index (χ4n) is 0.974. The highest BCUT2D eigenvalue weighted by molar-refractivity contribution is 7.89. The molecule has 0 rings (SSSR count). The third kappa shape index (κ3) is 4.15. The molecule has 7 heteroatoms. The largest absolute Gasteiger partial charge is 0.355 e. The van der Waals surface area contributed by atoms with Crippen molar-refractivity contribution in [1.29, 1.82) is 0 Å². The first-order valence-electron chi connectivity index (χ1n) is 4.78. The highest BCUT2D eigenvalue weighted by Crippen LogP contribution is 2.04. The van der Waals surface area contributed by atoms with Gasteiger partial charge in [0.25, 0.3) is 0 Å². The van der Waals surface area contributed by atoms with E-state index in [0.717, 1.165) is 4.31 Å². The summed E-state index contributed by atoms with van der Waals surface area (Å²) < 4.78 is 24.4. The zero-order chi connectivity index (χ0) is 12.1. The number of amides is 1. The van der Waals surface area contributed by atoms with E-state index in [2.05, 4.69) is 5.32 Å². The second kappa shape index (κ2) is 6.04. The first-order valence-corrected chi connectivity index (χ1v) is 6.28. The van der Waals surface area contributed by atoms with Crippen LogP contribution in [0.2, 0.25) is 0 Å². The number of rotatable bonds is 6. The van der Waals surface area contributed by atoms with E-state index in [1.54, 1.807) is 6.92 Å². The number of likely N-dealkylation sites (N-methyl/N-ethyl adjacent to an activating group) is 2. The molecule has 1 amide bonds. The summed E-state index contributed by atoms with van der Waals surface area (Å²) in [6, 6.07) is 0. The van der Waals surface area contributed by atoms with Gasteiger partial charge in [-0.3, -0.25) is 4.79 Å². The molecule has 0 saturated heterocycles. The molecule has 0 aromatic heterocycles. The number of hydrogen-bond acceptors (Lipinski definition) is 4. The van der Waals surface area contributed by atoms with E-state index in [0.29, 0.717) is 6.54 Å². The van der Waals surface area contributed by atoms with Gasteiger partial charge in [0.1, 0.15) is 0 Å². The molecule has 0 radical (unpaired) electrons. The van der Waals surface area contributed by atoms with Crippen LogP contribution in [0, 0.1) is 0 Å². The summed E-state index contributed by atoms with van der Waals surface area (Å²) in [6.07, 6.45) is 0.